The fourth-order valence-electron chi connectivity index (χ4n) is 4.38. The van der Waals surface area contributed by atoms with Crippen molar-refractivity contribution in [3.8, 4) is 17.6 Å². The number of ether oxygens (including phenoxy) is 2. The van der Waals surface area contributed by atoms with Crippen LogP contribution in [-0.2, 0) is 9.59 Å². The minimum Gasteiger partial charge on any atom is -0.495 e. The Morgan fingerprint density at radius 2 is 1.70 bits per heavy atom. The average Bonchev–Trinajstić information content (AvgIpc) is 2.97. The first-order chi connectivity index (χ1) is 19.4. The van der Waals surface area contributed by atoms with Gasteiger partial charge >= 0.3 is 0 Å². The number of nitriles is 1. The molecule has 1 atom stereocenters. The van der Waals surface area contributed by atoms with Gasteiger partial charge < -0.3 is 25.4 Å². The molecule has 0 radical (unpaired) electrons. The monoisotopic (exact) mass is 554 g/mol. The Balaban J connectivity index is 1.57. The van der Waals surface area contributed by atoms with Crippen molar-refractivity contribution in [2.45, 2.75) is 19.8 Å². The van der Waals surface area contributed by atoms with E-state index < -0.39 is 5.92 Å². The number of methoxy groups -OCH3 is 1. The number of rotatable bonds is 10. The van der Waals surface area contributed by atoms with Gasteiger partial charge in [-0.15, -0.1) is 0 Å². The van der Waals surface area contributed by atoms with Crippen LogP contribution in [0.2, 0.25) is 0 Å². The Bertz CT molecular complexity index is 1480. The number of nitrogens with zero attached hydrogens (tertiary/aromatic N) is 1. The van der Waals surface area contributed by atoms with Crippen LogP contribution < -0.4 is 25.4 Å². The lowest BCUT2D eigenvalue weighted by molar-refractivity contribution is -0.114. The van der Waals surface area contributed by atoms with Crippen molar-refractivity contribution in [3.05, 3.63) is 106 Å². The SMILES string of the molecule is CCOc1ccc(NC(=O)CSC2=C(C#N)C(c3ccccc3)C(C(=O)Nc3ccccc3OC)=C(C)N2)cc1. The number of benzene rings is 3. The largest absolute Gasteiger partial charge is 0.495 e. The van der Waals surface area contributed by atoms with Crippen molar-refractivity contribution in [3.63, 3.8) is 0 Å². The van der Waals surface area contributed by atoms with E-state index in [1.165, 1.54) is 18.9 Å². The van der Waals surface area contributed by atoms with Gasteiger partial charge in [0.05, 0.1) is 47.7 Å². The first kappa shape index (κ1) is 28.3. The highest BCUT2D eigenvalue weighted by Gasteiger charge is 2.35. The lowest BCUT2D eigenvalue weighted by atomic mass is 9.82. The van der Waals surface area contributed by atoms with Gasteiger partial charge in [0.25, 0.3) is 5.91 Å². The number of carbonyl (C=O) groups excluding carboxylic acids is 2. The Hall–Kier alpha value is -4.68. The summed E-state index contributed by atoms with van der Waals surface area (Å²) in [5.41, 5.74) is 3.33. The summed E-state index contributed by atoms with van der Waals surface area (Å²) >= 11 is 1.22. The van der Waals surface area contributed by atoms with Crippen LogP contribution in [0.15, 0.2) is 101 Å². The van der Waals surface area contributed by atoms with Gasteiger partial charge in [0, 0.05) is 17.0 Å². The predicted molar refractivity (Wildman–Crippen MR) is 158 cm³/mol. The number of carbonyl (C=O) groups is 2. The first-order valence-electron chi connectivity index (χ1n) is 12.7. The number of allylic oxidation sites excluding steroid dienone is 2. The number of thioether (sulfide) groups is 1. The molecule has 0 saturated carbocycles. The first-order valence-corrected chi connectivity index (χ1v) is 13.7. The van der Waals surface area contributed by atoms with E-state index >= 15 is 0 Å². The van der Waals surface area contributed by atoms with Crippen molar-refractivity contribution < 1.29 is 19.1 Å². The molecule has 0 bridgehead atoms. The molecule has 4 rings (SSSR count). The molecular formula is C31H30N4O4S. The molecule has 0 spiro atoms. The smallest absolute Gasteiger partial charge is 0.254 e. The maximum absolute atomic E-state index is 13.7. The Labute approximate surface area is 238 Å². The van der Waals surface area contributed by atoms with Gasteiger partial charge in [-0.2, -0.15) is 5.26 Å². The molecule has 3 aromatic carbocycles. The predicted octanol–water partition coefficient (Wildman–Crippen LogP) is 5.80. The highest BCUT2D eigenvalue weighted by Crippen LogP contribution is 2.41. The standard InChI is InChI=1S/C31H30N4O4S/c1-4-39-23-16-14-22(15-17-23)34-27(36)19-40-31-24(18-32)29(21-10-6-5-7-11-21)28(20(2)33-31)30(37)35-25-12-8-9-13-26(25)38-3/h5-17,29,33H,4,19H2,1-3H3,(H,34,36)(H,35,37). The zero-order valence-corrected chi connectivity index (χ0v) is 23.3. The third-order valence-electron chi connectivity index (χ3n) is 6.18. The van der Waals surface area contributed by atoms with Gasteiger partial charge in [-0.3, -0.25) is 9.59 Å². The van der Waals surface area contributed by atoms with Crippen LogP contribution in [0.25, 0.3) is 0 Å². The second-order valence-corrected chi connectivity index (χ2v) is 9.80. The van der Waals surface area contributed by atoms with Crippen LogP contribution in [0.1, 0.15) is 25.3 Å². The number of nitrogens with one attached hydrogen (secondary N) is 3. The zero-order chi connectivity index (χ0) is 28.5. The summed E-state index contributed by atoms with van der Waals surface area (Å²) in [5, 5.41) is 19.8. The average molecular weight is 555 g/mol. The van der Waals surface area contributed by atoms with Gasteiger partial charge in [0.15, 0.2) is 0 Å². The van der Waals surface area contributed by atoms with Crippen LogP contribution in [0.4, 0.5) is 11.4 Å². The molecular weight excluding hydrogens is 524 g/mol. The molecule has 1 aliphatic heterocycles. The molecule has 1 heterocycles. The van der Waals surface area contributed by atoms with Crippen molar-refractivity contribution in [1.29, 1.82) is 5.26 Å². The normalized spacial score (nSPS) is 14.6. The summed E-state index contributed by atoms with van der Waals surface area (Å²) < 4.78 is 10.8. The highest BCUT2D eigenvalue weighted by atomic mass is 32.2. The third-order valence-corrected chi connectivity index (χ3v) is 7.19. The number of amides is 2. The number of para-hydroxylation sites is 2. The number of dihydropyridines is 1. The van der Waals surface area contributed by atoms with Crippen LogP contribution in [0.3, 0.4) is 0 Å². The van der Waals surface area contributed by atoms with Crippen molar-refractivity contribution in [1.82, 2.24) is 5.32 Å². The summed E-state index contributed by atoms with van der Waals surface area (Å²) in [6.07, 6.45) is 0. The molecule has 0 aromatic heterocycles. The van der Waals surface area contributed by atoms with Crippen molar-refractivity contribution in [2.75, 3.05) is 30.1 Å². The van der Waals surface area contributed by atoms with E-state index in [4.69, 9.17) is 9.47 Å². The second-order valence-electron chi connectivity index (χ2n) is 8.81. The number of anilines is 2. The summed E-state index contributed by atoms with van der Waals surface area (Å²) in [7, 11) is 1.54. The van der Waals surface area contributed by atoms with Crippen LogP contribution >= 0.6 is 11.8 Å². The zero-order valence-electron chi connectivity index (χ0n) is 22.5. The number of hydrogen-bond acceptors (Lipinski definition) is 7. The minimum atomic E-state index is -0.626. The van der Waals surface area contributed by atoms with E-state index in [1.807, 2.05) is 43.3 Å². The molecule has 3 aromatic rings. The van der Waals surface area contributed by atoms with Gasteiger partial charge in [-0.25, -0.2) is 0 Å². The van der Waals surface area contributed by atoms with E-state index in [0.717, 1.165) is 11.3 Å². The van der Waals surface area contributed by atoms with Crippen LogP contribution in [-0.4, -0.2) is 31.3 Å². The fourth-order valence-corrected chi connectivity index (χ4v) is 5.27. The molecule has 0 aliphatic carbocycles. The quantitative estimate of drug-likeness (QED) is 0.290. The summed E-state index contributed by atoms with van der Waals surface area (Å²) in [4.78, 5) is 26.4. The van der Waals surface area contributed by atoms with Crippen LogP contribution in [0, 0.1) is 11.3 Å². The minimum absolute atomic E-state index is 0.0677. The lowest BCUT2D eigenvalue weighted by Gasteiger charge is -2.30. The molecule has 204 valence electrons. The van der Waals surface area contributed by atoms with Gasteiger partial charge in [-0.1, -0.05) is 54.2 Å². The van der Waals surface area contributed by atoms with Crippen molar-refractivity contribution in [2.24, 2.45) is 0 Å². The molecule has 0 saturated heterocycles. The van der Waals surface area contributed by atoms with E-state index in [1.54, 1.807) is 49.4 Å². The molecule has 8 nitrogen and oxygen atoms in total. The number of hydrogen-bond donors (Lipinski definition) is 3. The van der Waals surface area contributed by atoms with Gasteiger partial charge in [0.1, 0.15) is 11.5 Å². The molecule has 2 amide bonds. The van der Waals surface area contributed by atoms with Crippen molar-refractivity contribution >= 4 is 35.0 Å². The lowest BCUT2D eigenvalue weighted by Crippen LogP contribution is -2.31. The third kappa shape index (κ3) is 6.65. The second kappa shape index (κ2) is 13.4. The Morgan fingerprint density at radius 3 is 2.38 bits per heavy atom. The fraction of sp³-hybridized carbons (Fsp3) is 0.194. The van der Waals surface area contributed by atoms with E-state index in [0.29, 0.717) is 45.6 Å². The molecule has 1 aliphatic rings. The molecule has 0 fully saturated rings. The molecule has 9 heteroatoms. The highest BCUT2D eigenvalue weighted by molar-refractivity contribution is 8.03. The van der Waals surface area contributed by atoms with Crippen LogP contribution in [0.5, 0.6) is 11.5 Å². The molecule has 3 N–H and O–H groups in total. The maximum atomic E-state index is 13.7. The summed E-state index contributed by atoms with van der Waals surface area (Å²) in [6.45, 7) is 4.26. The topological polar surface area (TPSA) is 112 Å². The van der Waals surface area contributed by atoms with E-state index in [-0.39, 0.29) is 17.6 Å². The molecule has 1 unspecified atom stereocenters. The van der Waals surface area contributed by atoms with Gasteiger partial charge in [0.2, 0.25) is 5.91 Å². The van der Waals surface area contributed by atoms with E-state index in [2.05, 4.69) is 22.0 Å². The maximum Gasteiger partial charge on any atom is 0.254 e. The van der Waals surface area contributed by atoms with Gasteiger partial charge in [-0.05, 0) is 55.8 Å². The Morgan fingerprint density at radius 1 is 1.00 bits per heavy atom. The summed E-state index contributed by atoms with van der Waals surface area (Å²) in [5.74, 6) is 0.119. The molecule has 40 heavy (non-hydrogen) atoms. The van der Waals surface area contributed by atoms with E-state index in [9.17, 15) is 14.9 Å². The summed E-state index contributed by atoms with van der Waals surface area (Å²) in [6, 6.07) is 26.0. The Kier molecular flexibility index (Phi) is 9.49.